The summed E-state index contributed by atoms with van der Waals surface area (Å²) in [6.07, 6.45) is 3.72. The van der Waals surface area contributed by atoms with Crippen LogP contribution in [0.4, 0.5) is 4.79 Å². The van der Waals surface area contributed by atoms with Crippen LogP contribution in [0.3, 0.4) is 0 Å². The second-order valence-electron chi connectivity index (χ2n) is 8.21. The van der Waals surface area contributed by atoms with Crippen LogP contribution in [0.15, 0.2) is 0 Å². The first-order chi connectivity index (χ1) is 8.50. The smallest absolute Gasteiger partial charge is 0.326 e. The van der Waals surface area contributed by atoms with Gasteiger partial charge in [0.1, 0.15) is 6.10 Å². The second kappa shape index (κ2) is 5.31. The van der Waals surface area contributed by atoms with Gasteiger partial charge in [0.05, 0.1) is 0 Å². The van der Waals surface area contributed by atoms with E-state index in [2.05, 4.69) is 48.2 Å². The van der Waals surface area contributed by atoms with Gasteiger partial charge in [0.15, 0.2) is 0 Å². The van der Waals surface area contributed by atoms with Gasteiger partial charge in [0.2, 0.25) is 0 Å². The Bertz CT molecular complexity index is 388. The lowest BCUT2D eigenvalue weighted by Crippen LogP contribution is -2.38. The molecule has 0 spiro atoms. The fourth-order valence-electron chi connectivity index (χ4n) is 3.78. The summed E-state index contributed by atoms with van der Waals surface area (Å²) in [6.45, 7) is 15.5. The predicted octanol–water partition coefficient (Wildman–Crippen LogP) is 4.87. The predicted molar refractivity (Wildman–Crippen MR) is 87.8 cm³/mol. The molecule has 4 heteroatoms. The number of hydrogen-bond acceptors (Lipinski definition) is 2. The fourth-order valence-corrected chi connectivity index (χ4v) is 4.62. The van der Waals surface area contributed by atoms with E-state index in [4.69, 9.17) is 4.74 Å². The van der Waals surface area contributed by atoms with Crippen LogP contribution in [0.1, 0.15) is 60.8 Å². The first kappa shape index (κ1) is 18.0. The normalized spacial score (nSPS) is 36.4. The highest BCUT2D eigenvalue weighted by atomic mass is 31.1. The number of ether oxygens (including phenoxy) is 1. The van der Waals surface area contributed by atoms with Crippen LogP contribution >= 0.6 is 7.92 Å². The van der Waals surface area contributed by atoms with Crippen LogP contribution < -0.4 is 0 Å². The molecule has 2 saturated carbocycles. The first-order valence-electron chi connectivity index (χ1n) is 7.44. The molecule has 20 heavy (non-hydrogen) atoms. The van der Waals surface area contributed by atoms with E-state index < -0.39 is 7.92 Å². The molecule has 3 radical (unpaired) electrons. The third kappa shape index (κ3) is 2.56. The van der Waals surface area contributed by atoms with Crippen molar-refractivity contribution in [3.05, 3.63) is 0 Å². The van der Waals surface area contributed by atoms with Gasteiger partial charge in [-0.05, 0) is 42.4 Å². The highest BCUT2D eigenvalue weighted by Gasteiger charge is 2.63. The van der Waals surface area contributed by atoms with Gasteiger partial charge in [-0.2, -0.15) is 0 Å². The molecule has 113 valence electrons. The van der Waals surface area contributed by atoms with Crippen molar-refractivity contribution in [2.24, 2.45) is 16.7 Å². The van der Waals surface area contributed by atoms with Crippen LogP contribution in [0.25, 0.3) is 0 Å². The average Bonchev–Trinajstić information content (AvgIpc) is 2.59. The monoisotopic (exact) mass is 295 g/mol. The molecule has 0 unspecified atom stereocenters. The van der Waals surface area contributed by atoms with E-state index in [-0.39, 0.29) is 30.8 Å². The number of carbonyl (C=O) groups is 1. The Morgan fingerprint density at radius 3 is 2.15 bits per heavy atom. The minimum atomic E-state index is -0.723. The lowest BCUT2D eigenvalue weighted by Gasteiger charge is -2.39. The maximum absolute atomic E-state index is 12.4. The molecule has 2 bridgehead atoms. The zero-order valence-electron chi connectivity index (χ0n) is 14.1. The standard InChI is InChI=1S/C16H29O2P.B/c1-14(2,3)19(7)13(17)18-12-10-11-8-9-16(12,6)15(11,4)5;/h11-12H,8-10H2,1-7H3;/t11-,12+,16+,19-;/m1./s1. The van der Waals surface area contributed by atoms with Gasteiger partial charge < -0.3 is 4.74 Å². The summed E-state index contributed by atoms with van der Waals surface area (Å²) >= 11 is 0. The van der Waals surface area contributed by atoms with Crippen molar-refractivity contribution in [1.82, 2.24) is 0 Å². The molecule has 0 N–H and O–H groups in total. The van der Waals surface area contributed by atoms with E-state index >= 15 is 0 Å². The summed E-state index contributed by atoms with van der Waals surface area (Å²) in [5, 5.41) is 0.0421. The zero-order chi connectivity index (χ0) is 14.6. The molecule has 0 aromatic carbocycles. The molecule has 2 fully saturated rings. The fraction of sp³-hybridized carbons (Fsp3) is 0.938. The molecule has 0 heterocycles. The number of hydrogen-bond donors (Lipinski definition) is 0. The molecule has 4 atom stereocenters. The molecule has 0 aliphatic heterocycles. The summed E-state index contributed by atoms with van der Waals surface area (Å²) < 4.78 is 5.96. The lowest BCUT2D eigenvalue weighted by molar-refractivity contribution is 0.00615. The van der Waals surface area contributed by atoms with Crippen molar-refractivity contribution in [1.29, 1.82) is 0 Å². The average molecular weight is 295 g/mol. The van der Waals surface area contributed by atoms with E-state index in [1.165, 1.54) is 12.8 Å². The van der Waals surface area contributed by atoms with E-state index in [0.717, 1.165) is 12.3 Å². The van der Waals surface area contributed by atoms with Crippen LogP contribution in [-0.2, 0) is 4.74 Å². The van der Waals surface area contributed by atoms with Crippen molar-refractivity contribution >= 4 is 22.0 Å². The van der Waals surface area contributed by atoms with E-state index in [0.29, 0.717) is 5.41 Å². The van der Waals surface area contributed by atoms with Crippen molar-refractivity contribution in [3.8, 4) is 0 Å². The van der Waals surface area contributed by atoms with Gasteiger partial charge in [-0.15, -0.1) is 0 Å². The topological polar surface area (TPSA) is 26.3 Å². The summed E-state index contributed by atoms with van der Waals surface area (Å²) in [4.78, 5) is 12.4. The van der Waals surface area contributed by atoms with Crippen molar-refractivity contribution in [3.63, 3.8) is 0 Å². The minimum Gasteiger partial charge on any atom is -0.459 e. The van der Waals surface area contributed by atoms with Crippen molar-refractivity contribution in [2.75, 3.05) is 6.66 Å². The Morgan fingerprint density at radius 1 is 1.25 bits per heavy atom. The number of fused-ring (bicyclic) bond motifs is 2. The van der Waals surface area contributed by atoms with Crippen molar-refractivity contribution < 1.29 is 9.53 Å². The van der Waals surface area contributed by atoms with E-state index in [1.54, 1.807) is 0 Å². The molecular formula is C16H29BO2P. The van der Waals surface area contributed by atoms with Gasteiger partial charge in [0.25, 0.3) is 0 Å². The Hall–Kier alpha value is -0.0351. The molecule has 0 aromatic rings. The zero-order valence-corrected chi connectivity index (χ0v) is 15.0. The highest BCUT2D eigenvalue weighted by Crippen LogP contribution is 2.66. The molecule has 0 aromatic heterocycles. The van der Waals surface area contributed by atoms with Crippen LogP contribution in [0.2, 0.25) is 0 Å². The molecule has 2 aliphatic rings. The number of carbonyl (C=O) groups excluding carboxylic acids is 1. The Balaban J connectivity index is 0.00000200. The van der Waals surface area contributed by atoms with Gasteiger partial charge in [0, 0.05) is 21.7 Å². The molecular weight excluding hydrogens is 266 g/mol. The largest absolute Gasteiger partial charge is 0.459 e. The van der Waals surface area contributed by atoms with Gasteiger partial charge in [-0.1, -0.05) is 41.5 Å². The van der Waals surface area contributed by atoms with Crippen LogP contribution in [0, 0.1) is 16.7 Å². The third-order valence-corrected chi connectivity index (χ3v) is 8.90. The molecule has 2 nitrogen and oxygen atoms in total. The minimum absolute atomic E-state index is 0. The summed E-state index contributed by atoms with van der Waals surface area (Å²) in [6, 6.07) is 0. The van der Waals surface area contributed by atoms with Gasteiger partial charge in [-0.25, -0.2) is 4.79 Å². The van der Waals surface area contributed by atoms with E-state index in [1.807, 2.05) is 0 Å². The highest BCUT2D eigenvalue weighted by molar-refractivity contribution is 7.74. The summed E-state index contributed by atoms with van der Waals surface area (Å²) in [5.74, 6) is 0.730. The number of rotatable bonds is 2. The quantitative estimate of drug-likeness (QED) is 0.537. The van der Waals surface area contributed by atoms with Crippen LogP contribution in [0.5, 0.6) is 0 Å². The summed E-state index contributed by atoms with van der Waals surface area (Å²) in [7, 11) is -0.723. The van der Waals surface area contributed by atoms with E-state index in [9.17, 15) is 4.79 Å². The SMILES string of the molecule is C[P@](C(=O)O[C@H]1C[C@H]2CC[C@]1(C)C2(C)C)C(C)(C)C.[B]. The molecule has 0 saturated heterocycles. The molecule has 2 aliphatic carbocycles. The Morgan fingerprint density at radius 2 is 1.80 bits per heavy atom. The second-order valence-corrected chi connectivity index (χ2v) is 11.0. The molecule has 2 rings (SSSR count). The first-order valence-corrected chi connectivity index (χ1v) is 9.23. The lowest BCUT2D eigenvalue weighted by atomic mass is 9.70. The van der Waals surface area contributed by atoms with Gasteiger partial charge in [-0.3, -0.25) is 0 Å². The maximum Gasteiger partial charge on any atom is 0.326 e. The Labute approximate surface area is 127 Å². The Kier molecular flexibility index (Phi) is 4.78. The van der Waals surface area contributed by atoms with Gasteiger partial charge >= 0.3 is 5.71 Å². The third-order valence-electron chi connectivity index (χ3n) is 6.24. The van der Waals surface area contributed by atoms with Crippen LogP contribution in [-0.4, -0.2) is 32.0 Å². The molecule has 0 amide bonds. The summed E-state index contributed by atoms with van der Waals surface area (Å²) in [5.41, 5.74) is 0.550. The maximum atomic E-state index is 12.4. The van der Waals surface area contributed by atoms with Crippen molar-refractivity contribution in [2.45, 2.75) is 72.1 Å².